The smallest absolute Gasteiger partial charge is 0.123 e. The van der Waals surface area contributed by atoms with Gasteiger partial charge in [-0.3, -0.25) is 4.68 Å². The summed E-state index contributed by atoms with van der Waals surface area (Å²) >= 11 is 0. The lowest BCUT2D eigenvalue weighted by atomic mass is 9.99. The first-order chi connectivity index (χ1) is 9.51. The maximum atomic E-state index is 13.2. The van der Waals surface area contributed by atoms with E-state index in [9.17, 15) is 4.39 Å². The van der Waals surface area contributed by atoms with Crippen LogP contribution in [0.3, 0.4) is 0 Å². The Kier molecular flexibility index (Phi) is 4.55. The Hall–Kier alpha value is -1.68. The third kappa shape index (κ3) is 3.25. The molecule has 1 N–H and O–H groups in total. The van der Waals surface area contributed by atoms with Gasteiger partial charge in [-0.1, -0.05) is 13.0 Å². The molecule has 0 saturated heterocycles. The van der Waals surface area contributed by atoms with Crippen molar-refractivity contribution in [3.8, 4) is 0 Å². The summed E-state index contributed by atoms with van der Waals surface area (Å²) in [7, 11) is 1.96. The van der Waals surface area contributed by atoms with Gasteiger partial charge in [0.15, 0.2) is 0 Å². The van der Waals surface area contributed by atoms with Gasteiger partial charge in [0.25, 0.3) is 0 Å². The molecule has 0 bridgehead atoms. The lowest BCUT2D eigenvalue weighted by Gasteiger charge is -2.19. The van der Waals surface area contributed by atoms with Crippen molar-refractivity contribution in [3.63, 3.8) is 0 Å². The van der Waals surface area contributed by atoms with E-state index in [0.29, 0.717) is 0 Å². The van der Waals surface area contributed by atoms with E-state index >= 15 is 0 Å². The van der Waals surface area contributed by atoms with Crippen LogP contribution < -0.4 is 5.32 Å². The molecule has 3 nitrogen and oxygen atoms in total. The molecular weight excluding hydrogens is 253 g/mol. The number of halogens is 1. The van der Waals surface area contributed by atoms with Crippen molar-refractivity contribution >= 4 is 0 Å². The van der Waals surface area contributed by atoms with Crippen molar-refractivity contribution in [2.24, 2.45) is 7.05 Å². The summed E-state index contributed by atoms with van der Waals surface area (Å²) in [6.45, 7) is 6.93. The molecule has 0 aliphatic heterocycles. The van der Waals surface area contributed by atoms with Gasteiger partial charge in [0.1, 0.15) is 5.82 Å². The van der Waals surface area contributed by atoms with Gasteiger partial charge >= 0.3 is 0 Å². The highest BCUT2D eigenvalue weighted by Crippen LogP contribution is 2.21. The van der Waals surface area contributed by atoms with Crippen LogP contribution in [0.4, 0.5) is 4.39 Å². The first-order valence-electron chi connectivity index (χ1n) is 7.00. The van der Waals surface area contributed by atoms with Crippen LogP contribution in [0.1, 0.15) is 35.5 Å². The number of aromatic nitrogens is 2. The molecule has 0 saturated carbocycles. The van der Waals surface area contributed by atoms with Gasteiger partial charge in [-0.25, -0.2) is 4.39 Å². The molecule has 108 valence electrons. The molecule has 1 aromatic heterocycles. The van der Waals surface area contributed by atoms with E-state index in [2.05, 4.69) is 23.4 Å². The Morgan fingerprint density at radius 3 is 2.60 bits per heavy atom. The maximum absolute atomic E-state index is 13.2. The molecule has 0 spiro atoms. The Bertz CT molecular complexity index is 589. The van der Waals surface area contributed by atoms with Gasteiger partial charge in [0.05, 0.1) is 17.4 Å². The minimum absolute atomic E-state index is 0.178. The van der Waals surface area contributed by atoms with E-state index in [1.807, 2.05) is 31.6 Å². The normalized spacial score (nSPS) is 12.7. The third-order valence-corrected chi connectivity index (χ3v) is 3.57. The van der Waals surface area contributed by atoms with Gasteiger partial charge < -0.3 is 5.32 Å². The highest BCUT2D eigenvalue weighted by atomic mass is 19.1. The number of rotatable bonds is 5. The predicted molar refractivity (Wildman–Crippen MR) is 79.2 cm³/mol. The number of nitrogens with one attached hydrogen (secondary N) is 1. The summed E-state index contributed by atoms with van der Waals surface area (Å²) in [5.74, 6) is -0.178. The Balaban J connectivity index is 2.27. The summed E-state index contributed by atoms with van der Waals surface area (Å²) in [5.41, 5.74) is 4.33. The monoisotopic (exact) mass is 275 g/mol. The minimum atomic E-state index is -0.178. The summed E-state index contributed by atoms with van der Waals surface area (Å²) in [4.78, 5) is 0. The van der Waals surface area contributed by atoms with E-state index in [1.165, 1.54) is 6.07 Å². The molecule has 1 atom stereocenters. The summed E-state index contributed by atoms with van der Waals surface area (Å²) in [5, 5.41) is 7.90. The van der Waals surface area contributed by atoms with Gasteiger partial charge in [0.2, 0.25) is 0 Å². The van der Waals surface area contributed by atoms with Crippen molar-refractivity contribution < 1.29 is 4.39 Å². The SMILES string of the molecule is CCNC(Cc1ccc(F)cc1C)c1cc(C)nn1C. The molecular formula is C16H22FN3. The fourth-order valence-corrected chi connectivity index (χ4v) is 2.59. The number of aryl methyl sites for hydroxylation is 3. The fourth-order valence-electron chi connectivity index (χ4n) is 2.59. The minimum Gasteiger partial charge on any atom is -0.309 e. The van der Waals surface area contributed by atoms with E-state index in [-0.39, 0.29) is 11.9 Å². The molecule has 0 fully saturated rings. The standard InChI is InChI=1S/C16H22FN3/c1-5-18-15(16-9-12(3)19-20(16)4)10-13-6-7-14(17)8-11(13)2/h6-9,15,18H,5,10H2,1-4H3. The van der Waals surface area contributed by atoms with E-state index < -0.39 is 0 Å². The van der Waals surface area contributed by atoms with Crippen molar-refractivity contribution in [2.45, 2.75) is 33.2 Å². The quantitative estimate of drug-likeness (QED) is 0.909. The van der Waals surface area contributed by atoms with E-state index in [0.717, 1.165) is 35.5 Å². The number of nitrogens with zero attached hydrogens (tertiary/aromatic N) is 2. The van der Waals surface area contributed by atoms with Crippen LogP contribution in [0.5, 0.6) is 0 Å². The van der Waals surface area contributed by atoms with Gasteiger partial charge in [-0.15, -0.1) is 0 Å². The molecule has 4 heteroatoms. The third-order valence-electron chi connectivity index (χ3n) is 3.57. The highest BCUT2D eigenvalue weighted by molar-refractivity contribution is 5.29. The van der Waals surface area contributed by atoms with Crippen LogP contribution in [0, 0.1) is 19.7 Å². The number of benzene rings is 1. The first kappa shape index (κ1) is 14.7. The van der Waals surface area contributed by atoms with E-state index in [4.69, 9.17) is 0 Å². The molecule has 0 amide bonds. The largest absolute Gasteiger partial charge is 0.309 e. The molecule has 1 heterocycles. The highest BCUT2D eigenvalue weighted by Gasteiger charge is 2.16. The van der Waals surface area contributed by atoms with Gasteiger partial charge in [-0.05, 0) is 56.1 Å². The maximum Gasteiger partial charge on any atom is 0.123 e. The predicted octanol–water partition coefficient (Wildman–Crippen LogP) is 3.07. The van der Waals surface area contributed by atoms with Crippen molar-refractivity contribution in [1.82, 2.24) is 15.1 Å². The molecule has 1 aromatic carbocycles. The summed E-state index contributed by atoms with van der Waals surface area (Å²) in [6, 6.07) is 7.28. The van der Waals surface area contributed by atoms with Gasteiger partial charge in [0, 0.05) is 7.05 Å². The van der Waals surface area contributed by atoms with Crippen LogP contribution in [0.15, 0.2) is 24.3 Å². The first-order valence-corrected chi connectivity index (χ1v) is 7.00. The number of hydrogen-bond donors (Lipinski definition) is 1. The van der Waals surface area contributed by atoms with E-state index in [1.54, 1.807) is 6.07 Å². The molecule has 0 aliphatic rings. The Morgan fingerprint density at radius 1 is 1.30 bits per heavy atom. The van der Waals surface area contributed by atoms with Gasteiger partial charge in [-0.2, -0.15) is 5.10 Å². The lowest BCUT2D eigenvalue weighted by molar-refractivity contribution is 0.506. The van der Waals surface area contributed by atoms with Crippen LogP contribution in [0.2, 0.25) is 0 Å². The van der Waals surface area contributed by atoms with Crippen LogP contribution in [-0.4, -0.2) is 16.3 Å². The van der Waals surface area contributed by atoms with Crippen LogP contribution in [-0.2, 0) is 13.5 Å². The second-order valence-electron chi connectivity index (χ2n) is 5.22. The van der Waals surface area contributed by atoms with Crippen molar-refractivity contribution in [2.75, 3.05) is 6.54 Å². The number of hydrogen-bond acceptors (Lipinski definition) is 2. The average Bonchev–Trinajstić information content (AvgIpc) is 2.71. The van der Waals surface area contributed by atoms with Crippen molar-refractivity contribution in [1.29, 1.82) is 0 Å². The average molecular weight is 275 g/mol. The van der Waals surface area contributed by atoms with Crippen molar-refractivity contribution in [3.05, 3.63) is 52.6 Å². The zero-order chi connectivity index (χ0) is 14.7. The molecule has 1 unspecified atom stereocenters. The summed E-state index contributed by atoms with van der Waals surface area (Å²) < 4.78 is 15.1. The Labute approximate surface area is 119 Å². The molecule has 2 rings (SSSR count). The zero-order valence-corrected chi connectivity index (χ0v) is 12.6. The molecule has 0 radical (unpaired) electrons. The van der Waals surface area contributed by atoms with Crippen LogP contribution in [0.25, 0.3) is 0 Å². The lowest BCUT2D eigenvalue weighted by Crippen LogP contribution is -2.25. The second kappa shape index (κ2) is 6.18. The van der Waals surface area contributed by atoms with Crippen LogP contribution >= 0.6 is 0 Å². The summed E-state index contributed by atoms with van der Waals surface area (Å²) in [6.07, 6.45) is 0.832. The molecule has 2 aromatic rings. The molecule has 0 aliphatic carbocycles. The Morgan fingerprint density at radius 2 is 2.05 bits per heavy atom. The number of likely N-dealkylation sites (N-methyl/N-ethyl adjacent to an activating group) is 1. The second-order valence-corrected chi connectivity index (χ2v) is 5.22. The fraction of sp³-hybridized carbons (Fsp3) is 0.438. The zero-order valence-electron chi connectivity index (χ0n) is 12.6. The molecule has 20 heavy (non-hydrogen) atoms. The topological polar surface area (TPSA) is 29.9 Å².